The molecule has 0 aliphatic carbocycles. The Balaban J connectivity index is 1.59. The number of benzene rings is 1. The molecule has 130 valence electrons. The largest absolute Gasteiger partial charge is 0.366 e. The number of piperazine rings is 1. The molecule has 0 radical (unpaired) electrons. The van der Waals surface area contributed by atoms with E-state index in [0.717, 1.165) is 19.3 Å². The maximum absolute atomic E-state index is 13.9. The van der Waals surface area contributed by atoms with E-state index in [1.54, 1.807) is 28.0 Å². The second-order valence-corrected chi connectivity index (χ2v) is 6.57. The van der Waals surface area contributed by atoms with E-state index < -0.39 is 5.91 Å². The Hall–Kier alpha value is -2.11. The van der Waals surface area contributed by atoms with E-state index in [2.05, 4.69) is 0 Å². The summed E-state index contributed by atoms with van der Waals surface area (Å²) in [6, 6.07) is 6.78. The zero-order valence-corrected chi connectivity index (χ0v) is 14.1. The molecular weight excluding hydrogens is 309 g/mol. The third-order valence-electron chi connectivity index (χ3n) is 5.01. The van der Waals surface area contributed by atoms with Crippen molar-refractivity contribution in [2.45, 2.75) is 32.2 Å². The van der Waals surface area contributed by atoms with Crippen LogP contribution < -0.4 is 4.90 Å². The van der Waals surface area contributed by atoms with Gasteiger partial charge in [0.25, 0.3) is 0 Å². The number of hydrogen-bond donors (Lipinski definition) is 0. The molecule has 0 aromatic heterocycles. The van der Waals surface area contributed by atoms with Crippen LogP contribution in [0.1, 0.15) is 26.2 Å². The lowest BCUT2D eigenvalue weighted by Gasteiger charge is -2.38. The smallest absolute Gasteiger partial charge is 0.312 e. The standard InChI is InChI=1S/C18H24FN3O2/c1-14-6-4-5-9-22(14)18(24)17(23)21-12-10-20(11-13-21)16-8-3-2-7-15(16)19/h2-3,7-8,14H,4-6,9-13H2,1H3. The minimum atomic E-state index is -0.420. The van der Waals surface area contributed by atoms with E-state index in [9.17, 15) is 14.0 Å². The average molecular weight is 333 g/mol. The fourth-order valence-electron chi connectivity index (χ4n) is 3.52. The number of halogens is 1. The van der Waals surface area contributed by atoms with Gasteiger partial charge in [-0.3, -0.25) is 9.59 Å². The lowest BCUT2D eigenvalue weighted by atomic mass is 10.0. The van der Waals surface area contributed by atoms with E-state index in [-0.39, 0.29) is 17.8 Å². The third-order valence-corrected chi connectivity index (χ3v) is 5.01. The molecule has 0 N–H and O–H groups in total. The summed E-state index contributed by atoms with van der Waals surface area (Å²) in [5.41, 5.74) is 0.556. The van der Waals surface area contributed by atoms with Crippen LogP contribution in [0.4, 0.5) is 10.1 Å². The molecule has 0 saturated carbocycles. The number of carbonyl (C=O) groups excluding carboxylic acids is 2. The predicted molar refractivity (Wildman–Crippen MR) is 90.2 cm³/mol. The molecule has 1 unspecified atom stereocenters. The summed E-state index contributed by atoms with van der Waals surface area (Å²) < 4.78 is 13.9. The van der Waals surface area contributed by atoms with Crippen molar-refractivity contribution in [3.05, 3.63) is 30.1 Å². The zero-order valence-electron chi connectivity index (χ0n) is 14.1. The fraction of sp³-hybridized carbons (Fsp3) is 0.556. The van der Waals surface area contributed by atoms with Crippen LogP contribution in [0, 0.1) is 5.82 Å². The van der Waals surface area contributed by atoms with Gasteiger partial charge in [0, 0.05) is 38.8 Å². The van der Waals surface area contributed by atoms with Gasteiger partial charge in [-0.25, -0.2) is 4.39 Å². The van der Waals surface area contributed by atoms with Gasteiger partial charge < -0.3 is 14.7 Å². The second kappa shape index (κ2) is 7.20. The first-order valence-electron chi connectivity index (χ1n) is 8.67. The van der Waals surface area contributed by atoms with Crippen molar-refractivity contribution < 1.29 is 14.0 Å². The molecule has 24 heavy (non-hydrogen) atoms. The van der Waals surface area contributed by atoms with E-state index >= 15 is 0 Å². The Kier molecular flexibility index (Phi) is 5.02. The number of para-hydroxylation sites is 1. The van der Waals surface area contributed by atoms with Crippen molar-refractivity contribution in [3.8, 4) is 0 Å². The number of likely N-dealkylation sites (tertiary alicyclic amines) is 1. The lowest BCUT2D eigenvalue weighted by Crippen LogP contribution is -2.55. The molecule has 2 saturated heterocycles. The molecule has 1 aromatic rings. The SMILES string of the molecule is CC1CCCCN1C(=O)C(=O)N1CCN(c2ccccc2F)CC1. The first-order valence-corrected chi connectivity index (χ1v) is 8.67. The highest BCUT2D eigenvalue weighted by Gasteiger charge is 2.33. The van der Waals surface area contributed by atoms with E-state index in [1.807, 2.05) is 11.8 Å². The van der Waals surface area contributed by atoms with Crippen LogP contribution in [-0.2, 0) is 9.59 Å². The van der Waals surface area contributed by atoms with E-state index in [4.69, 9.17) is 0 Å². The Labute approximate surface area is 142 Å². The molecule has 2 aliphatic heterocycles. The van der Waals surface area contributed by atoms with Gasteiger partial charge >= 0.3 is 11.8 Å². The maximum Gasteiger partial charge on any atom is 0.312 e. The molecule has 6 heteroatoms. The van der Waals surface area contributed by atoms with Crippen LogP contribution in [0.5, 0.6) is 0 Å². The molecule has 2 fully saturated rings. The Morgan fingerprint density at radius 1 is 1.00 bits per heavy atom. The molecule has 0 bridgehead atoms. The molecular formula is C18H24FN3O2. The first-order chi connectivity index (χ1) is 11.6. The molecule has 1 atom stereocenters. The highest BCUT2D eigenvalue weighted by atomic mass is 19.1. The molecule has 5 nitrogen and oxygen atoms in total. The predicted octanol–water partition coefficient (Wildman–Crippen LogP) is 1.88. The van der Waals surface area contributed by atoms with Crippen molar-refractivity contribution in [1.29, 1.82) is 0 Å². The van der Waals surface area contributed by atoms with E-state index in [1.165, 1.54) is 6.07 Å². The van der Waals surface area contributed by atoms with Crippen LogP contribution in [-0.4, -0.2) is 60.4 Å². The molecule has 2 amide bonds. The van der Waals surface area contributed by atoms with Crippen molar-refractivity contribution in [2.24, 2.45) is 0 Å². The lowest BCUT2D eigenvalue weighted by molar-refractivity contribution is -0.154. The van der Waals surface area contributed by atoms with Crippen LogP contribution >= 0.6 is 0 Å². The number of rotatable bonds is 1. The van der Waals surface area contributed by atoms with Crippen LogP contribution in [0.25, 0.3) is 0 Å². The number of hydrogen-bond acceptors (Lipinski definition) is 3. The monoisotopic (exact) mass is 333 g/mol. The summed E-state index contributed by atoms with van der Waals surface area (Å²) in [7, 11) is 0. The van der Waals surface area contributed by atoms with Crippen molar-refractivity contribution in [2.75, 3.05) is 37.6 Å². The number of nitrogens with zero attached hydrogens (tertiary/aromatic N) is 3. The molecule has 1 aromatic carbocycles. The van der Waals surface area contributed by atoms with Crippen LogP contribution in [0.3, 0.4) is 0 Å². The summed E-state index contributed by atoms with van der Waals surface area (Å²) in [4.78, 5) is 30.2. The highest BCUT2D eigenvalue weighted by molar-refractivity contribution is 6.35. The number of amides is 2. The summed E-state index contributed by atoms with van der Waals surface area (Å²) in [6.45, 7) is 4.63. The Morgan fingerprint density at radius 2 is 1.71 bits per heavy atom. The number of carbonyl (C=O) groups is 2. The van der Waals surface area contributed by atoms with Crippen molar-refractivity contribution in [1.82, 2.24) is 9.80 Å². The normalized spacial score (nSPS) is 21.8. The molecule has 0 spiro atoms. The van der Waals surface area contributed by atoms with Crippen LogP contribution in [0.15, 0.2) is 24.3 Å². The van der Waals surface area contributed by atoms with E-state index in [0.29, 0.717) is 38.4 Å². The Morgan fingerprint density at radius 3 is 2.38 bits per heavy atom. The van der Waals surface area contributed by atoms with Gasteiger partial charge in [-0.2, -0.15) is 0 Å². The van der Waals surface area contributed by atoms with Crippen molar-refractivity contribution in [3.63, 3.8) is 0 Å². The van der Waals surface area contributed by atoms with Crippen molar-refractivity contribution >= 4 is 17.5 Å². The van der Waals surface area contributed by atoms with Gasteiger partial charge in [0.05, 0.1) is 5.69 Å². The fourth-order valence-corrected chi connectivity index (χ4v) is 3.52. The summed E-state index contributed by atoms with van der Waals surface area (Å²) >= 11 is 0. The molecule has 2 heterocycles. The summed E-state index contributed by atoms with van der Waals surface area (Å²) in [5.74, 6) is -1.06. The van der Waals surface area contributed by atoms with Gasteiger partial charge in [-0.15, -0.1) is 0 Å². The molecule has 3 rings (SSSR count). The Bertz CT molecular complexity index is 614. The quantitative estimate of drug-likeness (QED) is 0.737. The zero-order chi connectivity index (χ0) is 17.1. The highest BCUT2D eigenvalue weighted by Crippen LogP contribution is 2.21. The van der Waals surface area contributed by atoms with Gasteiger partial charge in [0.1, 0.15) is 5.82 Å². The van der Waals surface area contributed by atoms with Gasteiger partial charge in [-0.1, -0.05) is 12.1 Å². The topological polar surface area (TPSA) is 43.9 Å². The summed E-state index contributed by atoms with van der Waals surface area (Å²) in [5, 5.41) is 0. The number of piperidine rings is 1. The van der Waals surface area contributed by atoms with Gasteiger partial charge in [0.15, 0.2) is 0 Å². The molecule has 2 aliphatic rings. The first kappa shape index (κ1) is 16.7. The second-order valence-electron chi connectivity index (χ2n) is 6.57. The minimum absolute atomic E-state index is 0.134. The summed E-state index contributed by atoms with van der Waals surface area (Å²) in [6.07, 6.45) is 3.03. The minimum Gasteiger partial charge on any atom is -0.366 e. The average Bonchev–Trinajstić information content (AvgIpc) is 2.61. The van der Waals surface area contributed by atoms with Gasteiger partial charge in [-0.05, 0) is 38.3 Å². The number of anilines is 1. The third kappa shape index (κ3) is 3.37. The van der Waals surface area contributed by atoms with Crippen LogP contribution in [0.2, 0.25) is 0 Å². The maximum atomic E-state index is 13.9. The van der Waals surface area contributed by atoms with Gasteiger partial charge in [0.2, 0.25) is 0 Å².